The summed E-state index contributed by atoms with van der Waals surface area (Å²) in [6, 6.07) is -0.944. The first-order valence-corrected chi connectivity index (χ1v) is 9.09. The Morgan fingerprint density at radius 1 is 1.52 bits per heavy atom. The molecule has 0 spiro atoms. The second kappa shape index (κ2) is 8.85. The van der Waals surface area contributed by atoms with Crippen molar-refractivity contribution < 1.29 is 24.7 Å². The molecule has 0 aromatic carbocycles. The van der Waals surface area contributed by atoms with E-state index < -0.39 is 29.2 Å². The number of carbonyl (C=O) groups is 3. The Labute approximate surface area is 204 Å². The van der Waals surface area contributed by atoms with Gasteiger partial charge in [0.05, 0.1) is 0 Å². The molecule has 2 aliphatic rings. The number of fused-ring (bicyclic) bond motifs is 1. The number of aliphatic carboxylic acids is 1. The number of rotatable bonds is 5. The molecule has 5 N–H and O–H groups in total. The third-order valence-corrected chi connectivity index (χ3v) is 5.79. The zero-order valence-electron chi connectivity index (χ0n) is 13.1. The van der Waals surface area contributed by atoms with Crippen molar-refractivity contribution in [2.45, 2.75) is 11.4 Å². The van der Waals surface area contributed by atoms with Gasteiger partial charge in [0.15, 0.2) is 10.8 Å². The molecule has 10 nitrogen and oxygen atoms in total. The van der Waals surface area contributed by atoms with E-state index in [9.17, 15) is 19.5 Å². The zero-order chi connectivity index (χ0) is 19.0. The number of allylic oxidation sites excluding steroid dienone is 1. The van der Waals surface area contributed by atoms with Gasteiger partial charge in [0.25, 0.3) is 11.8 Å². The summed E-state index contributed by atoms with van der Waals surface area (Å²) in [6.07, 6.45) is 1.40. The summed E-state index contributed by atoms with van der Waals surface area (Å²) >= 11 is 2.37. The average molecular weight is 436 g/mol. The van der Waals surface area contributed by atoms with Crippen LogP contribution >= 0.6 is 23.1 Å². The van der Waals surface area contributed by atoms with Crippen LogP contribution in [0.1, 0.15) is 5.69 Å². The number of hydrogen-bond acceptors (Lipinski definition) is 9. The van der Waals surface area contributed by atoms with Gasteiger partial charge in [-0.05, 0) is 5.57 Å². The topological polar surface area (TPSA) is 158 Å². The number of hydrogen-bond donors (Lipinski definition) is 4. The molecule has 2 aliphatic heterocycles. The van der Waals surface area contributed by atoms with Gasteiger partial charge in [0.1, 0.15) is 22.8 Å². The average Bonchev–Trinajstić information content (AvgIpc) is 3.04. The third kappa shape index (κ3) is 3.99. The summed E-state index contributed by atoms with van der Waals surface area (Å²) in [7, 11) is 0. The second-order valence-electron chi connectivity index (χ2n) is 5.26. The van der Waals surface area contributed by atoms with E-state index in [-0.39, 0.29) is 73.6 Å². The first-order chi connectivity index (χ1) is 12.4. The fourth-order valence-electron chi connectivity index (χ4n) is 2.62. The third-order valence-electron chi connectivity index (χ3n) is 3.81. The van der Waals surface area contributed by atoms with Crippen molar-refractivity contribution in [2.24, 2.45) is 5.16 Å². The van der Waals surface area contributed by atoms with Crippen LogP contribution in [0.4, 0.5) is 5.13 Å². The SMILES string of the molecule is C=CC1=C(C(=O)O)N2C(=O)[C@@H](NC(=O)/C(=N\O)c3csc(N)n3)[C@H]2SC1.[KH]. The number of carboxylic acid groups (broad SMARTS) is 1. The van der Waals surface area contributed by atoms with Crippen molar-refractivity contribution in [1.29, 1.82) is 0 Å². The van der Waals surface area contributed by atoms with Crippen molar-refractivity contribution in [3.05, 3.63) is 35.0 Å². The van der Waals surface area contributed by atoms with Crippen molar-refractivity contribution >= 4 is 103 Å². The van der Waals surface area contributed by atoms with Crippen LogP contribution in [0.15, 0.2) is 34.5 Å². The Hall–Kier alpha value is -1.22. The molecule has 2 atom stereocenters. The predicted molar refractivity (Wildman–Crippen MR) is 102 cm³/mol. The number of amides is 2. The molecule has 2 amide bonds. The number of nitrogen functional groups attached to an aromatic ring is 1. The number of thiazole rings is 1. The van der Waals surface area contributed by atoms with E-state index in [1.807, 2.05) is 0 Å². The number of carboxylic acids is 1. The second-order valence-corrected chi connectivity index (χ2v) is 7.26. The standard InChI is InChI=1S/C14H13N5O5S2.K.H/c1-2-5-3-25-12-8(11(21)19(12)9(5)13(22)23)17-10(20)7(18-24)6-4-26-14(15)16-6;;/h2,4,8,12,24H,1,3H2,(H2,15,16)(H,17,20)(H,22,23);;/b18-7-;;/t8-,12-;;/m1../s1. The Morgan fingerprint density at radius 3 is 2.74 bits per heavy atom. The summed E-state index contributed by atoms with van der Waals surface area (Å²) in [5.74, 6) is -2.27. The molecule has 0 bridgehead atoms. The quantitative estimate of drug-likeness (QED) is 0.154. The summed E-state index contributed by atoms with van der Waals surface area (Å²) in [4.78, 5) is 41.2. The summed E-state index contributed by atoms with van der Waals surface area (Å²) in [5.41, 5.74) is 5.49. The Balaban J connectivity index is 0.00000261. The minimum absolute atomic E-state index is 0. The molecule has 0 aliphatic carbocycles. The molecule has 138 valence electrons. The molecule has 1 aromatic heterocycles. The summed E-state index contributed by atoms with van der Waals surface area (Å²) in [5, 5.41) is 24.9. The van der Waals surface area contributed by atoms with E-state index in [1.165, 1.54) is 23.2 Å². The first-order valence-electron chi connectivity index (χ1n) is 7.16. The molecule has 0 saturated carbocycles. The van der Waals surface area contributed by atoms with Gasteiger partial charge in [-0.15, -0.1) is 23.1 Å². The molecule has 0 unspecified atom stereocenters. The molecular weight excluding hydrogens is 421 g/mol. The van der Waals surface area contributed by atoms with Crippen molar-refractivity contribution in [3.63, 3.8) is 0 Å². The van der Waals surface area contributed by atoms with Gasteiger partial charge in [-0.1, -0.05) is 17.8 Å². The van der Waals surface area contributed by atoms with Gasteiger partial charge in [0, 0.05) is 11.1 Å². The van der Waals surface area contributed by atoms with Gasteiger partial charge < -0.3 is 21.4 Å². The molecule has 1 saturated heterocycles. The molecule has 3 heterocycles. The van der Waals surface area contributed by atoms with Crippen molar-refractivity contribution in [3.8, 4) is 0 Å². The molecule has 3 rings (SSSR count). The fraction of sp³-hybridized carbons (Fsp3) is 0.214. The number of carbonyl (C=O) groups excluding carboxylic acids is 2. The zero-order valence-corrected chi connectivity index (χ0v) is 14.7. The normalized spacial score (nSPS) is 21.7. The van der Waals surface area contributed by atoms with E-state index in [1.54, 1.807) is 0 Å². The number of nitrogens with zero attached hydrogens (tertiary/aromatic N) is 3. The molecular formula is C14H14KN5O5S2. The van der Waals surface area contributed by atoms with Crippen LogP contribution < -0.4 is 11.1 Å². The monoisotopic (exact) mass is 435 g/mol. The predicted octanol–water partition coefficient (Wildman–Crippen LogP) is -0.820. The number of oxime groups is 1. The Bertz CT molecular complexity index is 883. The van der Waals surface area contributed by atoms with Crippen LogP contribution in [0.3, 0.4) is 0 Å². The maximum absolute atomic E-state index is 12.4. The molecule has 13 heteroatoms. The number of thioether (sulfide) groups is 1. The Kier molecular flexibility index (Phi) is 7.24. The number of nitrogens with one attached hydrogen (secondary N) is 1. The maximum atomic E-state index is 12.4. The van der Waals surface area contributed by atoms with Crippen LogP contribution in [0.5, 0.6) is 0 Å². The summed E-state index contributed by atoms with van der Waals surface area (Å²) < 4.78 is 0. The van der Waals surface area contributed by atoms with E-state index >= 15 is 0 Å². The van der Waals surface area contributed by atoms with Crippen LogP contribution in [-0.2, 0) is 14.4 Å². The van der Waals surface area contributed by atoms with Gasteiger partial charge in [-0.25, -0.2) is 9.78 Å². The number of anilines is 1. The molecule has 1 fully saturated rings. The van der Waals surface area contributed by atoms with E-state index in [0.29, 0.717) is 11.3 Å². The number of nitrogens with two attached hydrogens (primary N) is 1. The first kappa shape index (κ1) is 22.1. The summed E-state index contributed by atoms with van der Waals surface area (Å²) in [6.45, 7) is 3.56. The van der Waals surface area contributed by atoms with Crippen molar-refractivity contribution in [2.75, 3.05) is 11.5 Å². The van der Waals surface area contributed by atoms with E-state index in [0.717, 1.165) is 16.2 Å². The molecule has 27 heavy (non-hydrogen) atoms. The van der Waals surface area contributed by atoms with E-state index in [4.69, 9.17) is 10.9 Å². The van der Waals surface area contributed by atoms with Crippen LogP contribution in [0.25, 0.3) is 0 Å². The van der Waals surface area contributed by atoms with Gasteiger partial charge >= 0.3 is 57.4 Å². The Morgan fingerprint density at radius 2 is 2.22 bits per heavy atom. The van der Waals surface area contributed by atoms with Crippen LogP contribution in [0.2, 0.25) is 0 Å². The van der Waals surface area contributed by atoms with E-state index in [2.05, 4.69) is 22.0 Å². The molecule has 1 aromatic rings. The number of β-lactam (4-membered cyclic amide) rings is 1. The van der Waals surface area contributed by atoms with Gasteiger partial charge in [-0.3, -0.25) is 14.5 Å². The van der Waals surface area contributed by atoms with Crippen molar-refractivity contribution in [1.82, 2.24) is 15.2 Å². The van der Waals surface area contributed by atoms with Crippen LogP contribution in [0, 0.1) is 0 Å². The van der Waals surface area contributed by atoms with Crippen LogP contribution in [-0.4, -0.2) is 112 Å². The minimum atomic E-state index is -1.24. The number of aromatic nitrogens is 1. The fourth-order valence-corrected chi connectivity index (χ4v) is 4.51. The van der Waals surface area contributed by atoms with Gasteiger partial charge in [-0.2, -0.15) is 0 Å². The van der Waals surface area contributed by atoms with Gasteiger partial charge in [0.2, 0.25) is 0 Å². The molecule has 0 radical (unpaired) electrons.